The average molecular weight is 340 g/mol. The molecule has 4 nitrogen and oxygen atoms in total. The molecule has 0 aliphatic heterocycles. The molecule has 0 saturated heterocycles. The lowest BCUT2D eigenvalue weighted by Crippen LogP contribution is -2.29. The minimum Gasteiger partial charge on any atom is -0.391 e. The maximum absolute atomic E-state index is 10.2. The first-order valence-electron chi connectivity index (χ1n) is 7.59. The van der Waals surface area contributed by atoms with Crippen molar-refractivity contribution in [1.29, 1.82) is 0 Å². The van der Waals surface area contributed by atoms with Gasteiger partial charge in [0.15, 0.2) is 5.82 Å². The summed E-state index contributed by atoms with van der Waals surface area (Å²) in [5.74, 6) is 1.51. The van der Waals surface area contributed by atoms with Gasteiger partial charge in [-0.3, -0.25) is 0 Å². The fourth-order valence-electron chi connectivity index (χ4n) is 3.08. The first-order valence-corrected chi connectivity index (χ1v) is 8.35. The zero-order valence-electron chi connectivity index (χ0n) is 12.5. The van der Waals surface area contributed by atoms with E-state index in [9.17, 15) is 5.11 Å². The number of nitrogens with zero attached hydrogens (tertiary/aromatic N) is 3. The van der Waals surface area contributed by atoms with Crippen molar-refractivity contribution in [2.75, 3.05) is 0 Å². The Morgan fingerprint density at radius 2 is 1.91 bits per heavy atom. The van der Waals surface area contributed by atoms with Crippen molar-refractivity contribution >= 4 is 23.2 Å². The van der Waals surface area contributed by atoms with Gasteiger partial charge in [0.05, 0.1) is 12.1 Å². The van der Waals surface area contributed by atoms with Gasteiger partial charge in [0.25, 0.3) is 0 Å². The summed E-state index contributed by atoms with van der Waals surface area (Å²) < 4.78 is 1.86. The minimum absolute atomic E-state index is 0.0247. The molecule has 3 rings (SSSR count). The van der Waals surface area contributed by atoms with Crippen LogP contribution < -0.4 is 0 Å². The Balaban J connectivity index is 1.86. The second-order valence-corrected chi connectivity index (χ2v) is 6.63. The normalized spacial score (nSPS) is 22.0. The van der Waals surface area contributed by atoms with Crippen LogP contribution >= 0.6 is 23.2 Å². The van der Waals surface area contributed by atoms with Crippen molar-refractivity contribution in [2.45, 2.75) is 51.2 Å². The summed E-state index contributed by atoms with van der Waals surface area (Å²) in [6.45, 7) is 1.92. The molecule has 1 aromatic heterocycles. The maximum Gasteiger partial charge on any atom is 0.155 e. The summed E-state index contributed by atoms with van der Waals surface area (Å²) in [4.78, 5) is 4.52. The lowest BCUT2D eigenvalue weighted by atomic mass is 9.93. The Bertz CT molecular complexity index is 651. The van der Waals surface area contributed by atoms with Gasteiger partial charge in [0.2, 0.25) is 0 Å². The van der Waals surface area contributed by atoms with Gasteiger partial charge in [-0.15, -0.1) is 0 Å². The Labute approximate surface area is 140 Å². The van der Waals surface area contributed by atoms with Crippen LogP contribution in [0.5, 0.6) is 0 Å². The number of aromatic nitrogens is 3. The van der Waals surface area contributed by atoms with E-state index in [1.165, 1.54) is 0 Å². The van der Waals surface area contributed by atoms with E-state index in [1.807, 2.05) is 29.8 Å². The SMILES string of the molecule is Cc1nc(Cc2c(Cl)cccc2Cl)nn1[C@@H]1CCCC[C@H]1O. The second-order valence-electron chi connectivity index (χ2n) is 5.82. The van der Waals surface area contributed by atoms with Gasteiger partial charge in [-0.1, -0.05) is 42.1 Å². The minimum atomic E-state index is -0.342. The monoisotopic (exact) mass is 339 g/mol. The van der Waals surface area contributed by atoms with E-state index >= 15 is 0 Å². The van der Waals surface area contributed by atoms with Gasteiger partial charge in [0, 0.05) is 16.5 Å². The molecule has 1 saturated carbocycles. The standard InChI is InChI=1S/C16H19Cl2N3O/c1-10-19-16(9-11-12(17)5-4-6-13(11)18)20-21(10)14-7-2-3-8-15(14)22/h4-6,14-15,22H,2-3,7-9H2,1H3/t14-,15-/m1/s1. The molecule has 2 aromatic rings. The van der Waals surface area contributed by atoms with Gasteiger partial charge in [-0.2, -0.15) is 5.10 Å². The largest absolute Gasteiger partial charge is 0.391 e. The average Bonchev–Trinajstić information content (AvgIpc) is 2.84. The summed E-state index contributed by atoms with van der Waals surface area (Å²) in [6, 6.07) is 5.48. The van der Waals surface area contributed by atoms with Crippen LogP contribution in [0.15, 0.2) is 18.2 Å². The number of benzene rings is 1. The lowest BCUT2D eigenvalue weighted by Gasteiger charge is -2.28. The van der Waals surface area contributed by atoms with Crippen LogP contribution in [-0.4, -0.2) is 26.0 Å². The number of hydrogen-bond acceptors (Lipinski definition) is 3. The van der Waals surface area contributed by atoms with Gasteiger partial charge < -0.3 is 5.11 Å². The van der Waals surface area contributed by atoms with Gasteiger partial charge in [-0.25, -0.2) is 9.67 Å². The number of rotatable bonds is 3. The first kappa shape index (κ1) is 15.8. The predicted molar refractivity (Wildman–Crippen MR) is 87.5 cm³/mol. The molecule has 1 fully saturated rings. The van der Waals surface area contributed by atoms with Gasteiger partial charge >= 0.3 is 0 Å². The van der Waals surface area contributed by atoms with Crippen molar-refractivity contribution in [2.24, 2.45) is 0 Å². The maximum atomic E-state index is 10.2. The fourth-order valence-corrected chi connectivity index (χ4v) is 3.61. The highest BCUT2D eigenvalue weighted by Gasteiger charge is 2.27. The van der Waals surface area contributed by atoms with Crippen molar-refractivity contribution in [3.05, 3.63) is 45.5 Å². The summed E-state index contributed by atoms with van der Waals surface area (Å²) in [5.41, 5.74) is 0.840. The van der Waals surface area contributed by atoms with E-state index in [4.69, 9.17) is 23.2 Å². The first-order chi connectivity index (χ1) is 10.6. The quantitative estimate of drug-likeness (QED) is 0.920. The Morgan fingerprint density at radius 1 is 1.23 bits per heavy atom. The predicted octanol–water partition coefficient (Wildman–Crippen LogP) is 3.96. The summed E-state index contributed by atoms with van der Waals surface area (Å²) in [5, 5.41) is 16.0. The molecule has 0 amide bonds. The Kier molecular flexibility index (Phi) is 4.71. The van der Waals surface area contributed by atoms with Crippen LogP contribution in [0.4, 0.5) is 0 Å². The van der Waals surface area contributed by atoms with Crippen molar-refractivity contribution in [3.63, 3.8) is 0 Å². The lowest BCUT2D eigenvalue weighted by molar-refractivity contribution is 0.0680. The van der Waals surface area contributed by atoms with Gasteiger partial charge in [0.1, 0.15) is 5.82 Å². The molecule has 1 aromatic carbocycles. The molecule has 0 spiro atoms. The molecule has 0 bridgehead atoms. The van der Waals surface area contributed by atoms with Gasteiger partial charge in [-0.05, 0) is 37.5 Å². The molecule has 1 N–H and O–H groups in total. The van der Waals surface area contributed by atoms with E-state index < -0.39 is 0 Å². The highest BCUT2D eigenvalue weighted by Crippen LogP contribution is 2.30. The third-order valence-corrected chi connectivity index (χ3v) is 4.96. The van der Waals surface area contributed by atoms with Crippen LogP contribution in [0.1, 0.15) is 48.9 Å². The molecule has 0 radical (unpaired) electrons. The number of aliphatic hydroxyl groups is 1. The van der Waals surface area contributed by atoms with E-state index in [-0.39, 0.29) is 12.1 Å². The topological polar surface area (TPSA) is 50.9 Å². The summed E-state index contributed by atoms with van der Waals surface area (Å²) in [7, 11) is 0. The molecular formula is C16H19Cl2N3O. The summed E-state index contributed by atoms with van der Waals surface area (Å²) >= 11 is 12.4. The highest BCUT2D eigenvalue weighted by molar-refractivity contribution is 6.36. The number of aryl methyl sites for hydroxylation is 1. The number of halogens is 2. The number of aliphatic hydroxyl groups excluding tert-OH is 1. The fraction of sp³-hybridized carbons (Fsp3) is 0.500. The Hall–Kier alpha value is -1.10. The smallest absolute Gasteiger partial charge is 0.155 e. The molecule has 6 heteroatoms. The zero-order valence-corrected chi connectivity index (χ0v) is 14.0. The molecule has 1 aliphatic rings. The van der Waals surface area contributed by atoms with E-state index in [0.717, 1.165) is 37.1 Å². The zero-order chi connectivity index (χ0) is 15.7. The second kappa shape index (κ2) is 6.57. The van der Waals surface area contributed by atoms with Crippen LogP contribution in [0.25, 0.3) is 0 Å². The van der Waals surface area contributed by atoms with E-state index in [2.05, 4.69) is 10.1 Å². The van der Waals surface area contributed by atoms with Crippen LogP contribution in [0, 0.1) is 6.92 Å². The van der Waals surface area contributed by atoms with Crippen molar-refractivity contribution < 1.29 is 5.11 Å². The third-order valence-electron chi connectivity index (χ3n) is 4.25. The molecule has 22 heavy (non-hydrogen) atoms. The van der Waals surface area contributed by atoms with Crippen molar-refractivity contribution in [1.82, 2.24) is 14.8 Å². The molecule has 0 unspecified atom stereocenters. The number of hydrogen-bond donors (Lipinski definition) is 1. The highest BCUT2D eigenvalue weighted by atomic mass is 35.5. The van der Waals surface area contributed by atoms with Crippen LogP contribution in [0.3, 0.4) is 0 Å². The third kappa shape index (κ3) is 3.14. The van der Waals surface area contributed by atoms with Crippen molar-refractivity contribution in [3.8, 4) is 0 Å². The molecule has 2 atom stereocenters. The van der Waals surface area contributed by atoms with Crippen LogP contribution in [-0.2, 0) is 6.42 Å². The molecular weight excluding hydrogens is 321 g/mol. The molecule has 118 valence electrons. The Morgan fingerprint density at radius 3 is 2.59 bits per heavy atom. The molecule has 1 heterocycles. The van der Waals surface area contributed by atoms with E-state index in [1.54, 1.807) is 0 Å². The molecule has 1 aliphatic carbocycles. The van der Waals surface area contributed by atoms with Crippen LogP contribution in [0.2, 0.25) is 10.0 Å². The summed E-state index contributed by atoms with van der Waals surface area (Å²) in [6.07, 6.45) is 4.12. The van der Waals surface area contributed by atoms with E-state index in [0.29, 0.717) is 22.3 Å².